The third-order valence-corrected chi connectivity index (χ3v) is 2.80. The van der Waals surface area contributed by atoms with E-state index < -0.39 is 0 Å². The highest BCUT2D eigenvalue weighted by Crippen LogP contribution is 2.52. The van der Waals surface area contributed by atoms with Crippen molar-refractivity contribution in [3.05, 3.63) is 11.6 Å². The van der Waals surface area contributed by atoms with Gasteiger partial charge in [-0.05, 0) is 33.6 Å². The van der Waals surface area contributed by atoms with E-state index in [-0.39, 0.29) is 17.2 Å². The number of ketones is 1. The molecular weight excluding hydrogens is 180 g/mol. The molecule has 0 aromatic carbocycles. The summed E-state index contributed by atoms with van der Waals surface area (Å²) >= 11 is 0. The monoisotopic (exact) mass is 196 g/mol. The van der Waals surface area contributed by atoms with E-state index in [2.05, 4.69) is 0 Å². The molecule has 0 heterocycles. The molecule has 0 amide bonds. The van der Waals surface area contributed by atoms with Gasteiger partial charge in [0.1, 0.15) is 5.78 Å². The van der Waals surface area contributed by atoms with Crippen molar-refractivity contribution in [3.8, 4) is 0 Å². The van der Waals surface area contributed by atoms with Crippen LogP contribution in [0, 0.1) is 5.41 Å². The van der Waals surface area contributed by atoms with Crippen molar-refractivity contribution in [2.45, 2.75) is 33.6 Å². The summed E-state index contributed by atoms with van der Waals surface area (Å²) < 4.78 is 4.79. The van der Waals surface area contributed by atoms with E-state index >= 15 is 0 Å². The van der Waals surface area contributed by atoms with Gasteiger partial charge in [0.05, 0.1) is 6.61 Å². The van der Waals surface area contributed by atoms with E-state index in [4.69, 9.17) is 4.74 Å². The fourth-order valence-corrected chi connectivity index (χ4v) is 1.65. The molecule has 0 aromatic heterocycles. The van der Waals surface area contributed by atoms with Gasteiger partial charge in [-0.2, -0.15) is 0 Å². The van der Waals surface area contributed by atoms with Crippen LogP contribution in [0.4, 0.5) is 0 Å². The Hall–Kier alpha value is -1.12. The molecule has 0 unspecified atom stereocenters. The lowest BCUT2D eigenvalue weighted by atomic mass is 9.93. The molecule has 0 aliphatic heterocycles. The van der Waals surface area contributed by atoms with Crippen molar-refractivity contribution in [2.24, 2.45) is 5.41 Å². The van der Waals surface area contributed by atoms with Gasteiger partial charge in [-0.3, -0.25) is 4.79 Å². The first-order chi connectivity index (χ1) is 6.53. The Kier molecular flexibility index (Phi) is 3.09. The molecule has 0 radical (unpaired) electrons. The number of carbonyl (C=O) groups is 2. The fraction of sp³-hybridized carbons (Fsp3) is 0.636. The van der Waals surface area contributed by atoms with Crippen molar-refractivity contribution >= 4 is 11.8 Å². The first-order valence-corrected chi connectivity index (χ1v) is 4.89. The van der Waals surface area contributed by atoms with E-state index in [0.29, 0.717) is 6.61 Å². The SMILES string of the molecule is CCOC(=O)/C=C(\C)C1(C(C)=O)CC1. The quantitative estimate of drug-likeness (QED) is 0.509. The summed E-state index contributed by atoms with van der Waals surface area (Å²) in [6.45, 7) is 5.54. The Morgan fingerprint density at radius 1 is 1.36 bits per heavy atom. The molecule has 3 nitrogen and oxygen atoms in total. The van der Waals surface area contributed by atoms with E-state index in [1.807, 2.05) is 6.92 Å². The Balaban J connectivity index is 2.69. The molecule has 1 aliphatic rings. The Bertz CT molecular complexity index is 285. The van der Waals surface area contributed by atoms with Gasteiger partial charge in [-0.25, -0.2) is 4.79 Å². The van der Waals surface area contributed by atoms with Gasteiger partial charge in [0, 0.05) is 11.5 Å². The molecule has 0 aromatic rings. The maximum atomic E-state index is 11.3. The molecule has 1 rings (SSSR count). The van der Waals surface area contributed by atoms with Crippen LogP contribution in [0.5, 0.6) is 0 Å². The van der Waals surface area contributed by atoms with Gasteiger partial charge < -0.3 is 4.74 Å². The molecule has 1 aliphatic carbocycles. The van der Waals surface area contributed by atoms with Crippen molar-refractivity contribution in [2.75, 3.05) is 6.61 Å². The van der Waals surface area contributed by atoms with Crippen LogP contribution in [0.2, 0.25) is 0 Å². The van der Waals surface area contributed by atoms with Gasteiger partial charge in [0.25, 0.3) is 0 Å². The van der Waals surface area contributed by atoms with E-state index in [1.54, 1.807) is 13.8 Å². The van der Waals surface area contributed by atoms with Crippen molar-refractivity contribution in [3.63, 3.8) is 0 Å². The highest BCUT2D eigenvalue weighted by atomic mass is 16.5. The zero-order valence-electron chi connectivity index (χ0n) is 8.92. The van der Waals surface area contributed by atoms with E-state index in [1.165, 1.54) is 6.08 Å². The lowest BCUT2D eigenvalue weighted by Crippen LogP contribution is -2.14. The first kappa shape index (κ1) is 11.0. The van der Waals surface area contributed by atoms with Crippen LogP contribution in [0.25, 0.3) is 0 Å². The highest BCUT2D eigenvalue weighted by Gasteiger charge is 2.48. The molecular formula is C11H16O3. The van der Waals surface area contributed by atoms with Crippen LogP contribution >= 0.6 is 0 Å². The van der Waals surface area contributed by atoms with Crippen LogP contribution in [0.3, 0.4) is 0 Å². The summed E-state index contributed by atoms with van der Waals surface area (Å²) in [4.78, 5) is 22.5. The topological polar surface area (TPSA) is 43.4 Å². The van der Waals surface area contributed by atoms with Crippen LogP contribution in [-0.4, -0.2) is 18.4 Å². The maximum absolute atomic E-state index is 11.3. The lowest BCUT2D eigenvalue weighted by molar-refractivity contribution is -0.137. The molecule has 0 atom stereocenters. The Morgan fingerprint density at radius 3 is 2.29 bits per heavy atom. The molecule has 0 N–H and O–H groups in total. The second-order valence-corrected chi connectivity index (χ2v) is 3.72. The summed E-state index contributed by atoms with van der Waals surface area (Å²) in [5.41, 5.74) is 0.496. The molecule has 0 bridgehead atoms. The van der Waals surface area contributed by atoms with Gasteiger partial charge in [-0.1, -0.05) is 5.57 Å². The van der Waals surface area contributed by atoms with Gasteiger partial charge in [0.2, 0.25) is 0 Å². The minimum absolute atomic E-state index is 0.149. The number of rotatable bonds is 4. The van der Waals surface area contributed by atoms with Gasteiger partial charge in [0.15, 0.2) is 0 Å². The Labute approximate surface area is 84.1 Å². The second-order valence-electron chi connectivity index (χ2n) is 3.72. The van der Waals surface area contributed by atoms with E-state index in [0.717, 1.165) is 18.4 Å². The molecule has 0 spiro atoms. The summed E-state index contributed by atoms with van der Waals surface area (Å²) in [6.07, 6.45) is 3.17. The highest BCUT2D eigenvalue weighted by molar-refractivity contribution is 5.91. The number of hydrogen-bond acceptors (Lipinski definition) is 3. The number of ether oxygens (including phenoxy) is 1. The molecule has 78 valence electrons. The summed E-state index contributed by atoms with van der Waals surface area (Å²) in [6, 6.07) is 0. The minimum Gasteiger partial charge on any atom is -0.463 e. The third kappa shape index (κ3) is 2.03. The van der Waals surface area contributed by atoms with Crippen molar-refractivity contribution in [1.82, 2.24) is 0 Å². The predicted molar refractivity (Wildman–Crippen MR) is 52.7 cm³/mol. The summed E-state index contributed by atoms with van der Waals surface area (Å²) in [7, 11) is 0. The average Bonchev–Trinajstić information content (AvgIpc) is 2.83. The molecule has 14 heavy (non-hydrogen) atoms. The van der Waals surface area contributed by atoms with Crippen LogP contribution < -0.4 is 0 Å². The molecule has 1 fully saturated rings. The lowest BCUT2D eigenvalue weighted by Gasteiger charge is -2.11. The third-order valence-electron chi connectivity index (χ3n) is 2.80. The minimum atomic E-state index is -0.350. The number of carbonyl (C=O) groups excluding carboxylic acids is 2. The number of allylic oxidation sites excluding steroid dienone is 1. The summed E-state index contributed by atoms with van der Waals surface area (Å²) in [5.74, 6) is -0.201. The van der Waals surface area contributed by atoms with Crippen LogP contribution in [-0.2, 0) is 14.3 Å². The molecule has 0 saturated heterocycles. The largest absolute Gasteiger partial charge is 0.463 e. The zero-order chi connectivity index (χ0) is 10.8. The number of hydrogen-bond donors (Lipinski definition) is 0. The maximum Gasteiger partial charge on any atom is 0.330 e. The Morgan fingerprint density at radius 2 is 1.93 bits per heavy atom. The van der Waals surface area contributed by atoms with Crippen LogP contribution in [0.1, 0.15) is 33.6 Å². The van der Waals surface area contributed by atoms with Gasteiger partial charge in [-0.15, -0.1) is 0 Å². The molecule has 1 saturated carbocycles. The second kappa shape index (κ2) is 3.95. The van der Waals surface area contributed by atoms with Crippen molar-refractivity contribution < 1.29 is 14.3 Å². The van der Waals surface area contributed by atoms with Crippen LogP contribution in [0.15, 0.2) is 11.6 Å². The fourth-order valence-electron chi connectivity index (χ4n) is 1.65. The standard InChI is InChI=1S/C11H16O3/c1-4-14-10(13)7-8(2)11(5-6-11)9(3)12/h7H,4-6H2,1-3H3/b8-7+. The number of Topliss-reactive ketones (excluding diaryl/α,β-unsaturated/α-hetero) is 1. The smallest absolute Gasteiger partial charge is 0.330 e. The van der Waals surface area contributed by atoms with E-state index in [9.17, 15) is 9.59 Å². The normalized spacial score (nSPS) is 18.9. The molecule has 3 heteroatoms. The first-order valence-electron chi connectivity index (χ1n) is 4.89. The average molecular weight is 196 g/mol. The number of esters is 1. The van der Waals surface area contributed by atoms with Crippen molar-refractivity contribution in [1.29, 1.82) is 0 Å². The predicted octanol–water partition coefficient (Wildman–Crippen LogP) is 1.86. The van der Waals surface area contributed by atoms with Gasteiger partial charge >= 0.3 is 5.97 Å². The zero-order valence-corrected chi connectivity index (χ0v) is 8.92. The summed E-state index contributed by atoms with van der Waals surface area (Å²) in [5, 5.41) is 0.